The van der Waals surface area contributed by atoms with Gasteiger partial charge in [-0.15, -0.1) is 0 Å². The van der Waals surface area contributed by atoms with Crippen LogP contribution in [0.25, 0.3) is 0 Å². The van der Waals surface area contributed by atoms with Gasteiger partial charge in [0.05, 0.1) is 6.61 Å². The number of nitrogens with zero attached hydrogens (tertiary/aromatic N) is 1. The van der Waals surface area contributed by atoms with Crippen LogP contribution in [0.1, 0.15) is 41.5 Å². The first-order valence-electron chi connectivity index (χ1n) is 8.13. The summed E-state index contributed by atoms with van der Waals surface area (Å²) in [4.78, 5) is 39.7. The third kappa shape index (κ3) is 4.89. The largest absolute Gasteiger partial charge is 0.477 e. The molecule has 0 fully saturated rings. The molecule has 7 nitrogen and oxygen atoms in total. The summed E-state index contributed by atoms with van der Waals surface area (Å²) < 4.78 is 10.5. The molecular formula is C19H20N2O5. The number of pyridine rings is 1. The number of ether oxygens (including phenoxy) is 2. The number of anilines is 1. The highest BCUT2D eigenvalue weighted by atomic mass is 16.5. The van der Waals surface area contributed by atoms with Gasteiger partial charge in [-0.2, -0.15) is 0 Å². The van der Waals surface area contributed by atoms with Gasteiger partial charge in [0.2, 0.25) is 5.88 Å². The molecule has 1 aromatic carbocycles. The first kappa shape index (κ1) is 19.1. The second-order valence-electron chi connectivity index (χ2n) is 5.46. The minimum atomic E-state index is -1.02. The third-order valence-electron chi connectivity index (χ3n) is 3.48. The highest BCUT2D eigenvalue weighted by Gasteiger charge is 2.22. The fraction of sp³-hybridized carbons (Fsp3) is 0.263. The van der Waals surface area contributed by atoms with E-state index in [1.54, 1.807) is 37.3 Å². The van der Waals surface area contributed by atoms with Crippen LogP contribution in [0.3, 0.4) is 0 Å². The normalized spacial score (nSPS) is 11.3. The fourth-order valence-corrected chi connectivity index (χ4v) is 2.11. The Kier molecular flexibility index (Phi) is 6.43. The molecule has 0 aliphatic heterocycles. The topological polar surface area (TPSA) is 94.6 Å². The van der Waals surface area contributed by atoms with Crippen molar-refractivity contribution in [2.45, 2.75) is 26.9 Å². The van der Waals surface area contributed by atoms with Crippen molar-refractivity contribution in [3.8, 4) is 5.88 Å². The Labute approximate surface area is 151 Å². The Balaban J connectivity index is 2.00. The number of hydrogen-bond acceptors (Lipinski definition) is 6. The molecule has 26 heavy (non-hydrogen) atoms. The van der Waals surface area contributed by atoms with E-state index in [0.29, 0.717) is 17.9 Å². The molecule has 0 spiro atoms. The number of Topliss-reactive ketones (excluding diaryl/α,β-unsaturated/α-hetero) is 1. The molecule has 2 aromatic rings. The molecule has 0 bridgehead atoms. The fourth-order valence-electron chi connectivity index (χ4n) is 2.11. The predicted octanol–water partition coefficient (Wildman–Crippen LogP) is 2.87. The summed E-state index contributed by atoms with van der Waals surface area (Å²) in [6, 6.07) is 9.54. The molecule has 0 aliphatic carbocycles. The summed E-state index contributed by atoms with van der Waals surface area (Å²) in [5, 5.41) is 2.63. The Hall–Kier alpha value is -3.22. The number of nitrogens with one attached hydrogen (secondary N) is 1. The first-order chi connectivity index (χ1) is 12.4. The molecular weight excluding hydrogens is 336 g/mol. The molecule has 0 saturated carbocycles. The quantitative estimate of drug-likeness (QED) is 0.605. The summed E-state index contributed by atoms with van der Waals surface area (Å²) in [6.45, 7) is 5.05. The van der Waals surface area contributed by atoms with Crippen molar-refractivity contribution in [2.24, 2.45) is 0 Å². The highest BCUT2D eigenvalue weighted by Crippen LogP contribution is 2.17. The van der Waals surface area contributed by atoms with Crippen LogP contribution < -0.4 is 10.1 Å². The monoisotopic (exact) mass is 356 g/mol. The number of rotatable bonds is 7. The van der Waals surface area contributed by atoms with Crippen LogP contribution in [-0.2, 0) is 9.53 Å². The Morgan fingerprint density at radius 3 is 2.46 bits per heavy atom. The van der Waals surface area contributed by atoms with E-state index in [1.165, 1.54) is 26.1 Å². The maximum Gasteiger partial charge on any atom is 0.344 e. The minimum Gasteiger partial charge on any atom is -0.477 e. The summed E-state index contributed by atoms with van der Waals surface area (Å²) in [7, 11) is 0. The first-order valence-corrected chi connectivity index (χ1v) is 8.13. The van der Waals surface area contributed by atoms with E-state index in [9.17, 15) is 14.4 Å². The SMILES string of the molecule is CCOc1ncccc1C(=O)O[C@H](C)C(=O)Nc1ccc(C(C)=O)cc1. The lowest BCUT2D eigenvalue weighted by Gasteiger charge is -2.14. The molecule has 1 aromatic heterocycles. The lowest BCUT2D eigenvalue weighted by Crippen LogP contribution is -2.30. The van der Waals surface area contributed by atoms with Crippen molar-refractivity contribution in [1.82, 2.24) is 4.98 Å². The van der Waals surface area contributed by atoms with Gasteiger partial charge in [-0.3, -0.25) is 9.59 Å². The second kappa shape index (κ2) is 8.75. The number of hydrogen-bond donors (Lipinski definition) is 1. The number of carbonyl (C=O) groups excluding carboxylic acids is 3. The molecule has 1 atom stereocenters. The van der Waals surface area contributed by atoms with Crippen LogP contribution in [0.15, 0.2) is 42.6 Å². The van der Waals surface area contributed by atoms with Gasteiger partial charge in [0.1, 0.15) is 5.56 Å². The molecule has 136 valence electrons. The predicted molar refractivity (Wildman–Crippen MR) is 95.4 cm³/mol. The van der Waals surface area contributed by atoms with Crippen molar-refractivity contribution in [3.63, 3.8) is 0 Å². The zero-order valence-electron chi connectivity index (χ0n) is 14.8. The number of aromatic nitrogens is 1. The molecule has 1 N–H and O–H groups in total. The van der Waals surface area contributed by atoms with Crippen LogP contribution >= 0.6 is 0 Å². The molecule has 1 heterocycles. The lowest BCUT2D eigenvalue weighted by molar-refractivity contribution is -0.123. The molecule has 0 aliphatic rings. The average molecular weight is 356 g/mol. The molecule has 2 rings (SSSR count). The van der Waals surface area contributed by atoms with Gasteiger partial charge in [-0.1, -0.05) is 0 Å². The number of esters is 1. The van der Waals surface area contributed by atoms with Gasteiger partial charge in [0.15, 0.2) is 11.9 Å². The van der Waals surface area contributed by atoms with E-state index < -0.39 is 18.0 Å². The van der Waals surface area contributed by atoms with E-state index in [1.807, 2.05) is 0 Å². The van der Waals surface area contributed by atoms with Crippen LogP contribution in [0.5, 0.6) is 5.88 Å². The lowest BCUT2D eigenvalue weighted by atomic mass is 10.1. The number of carbonyl (C=O) groups is 3. The van der Waals surface area contributed by atoms with Crippen molar-refractivity contribution in [2.75, 3.05) is 11.9 Å². The van der Waals surface area contributed by atoms with Crippen molar-refractivity contribution < 1.29 is 23.9 Å². The van der Waals surface area contributed by atoms with E-state index in [-0.39, 0.29) is 17.2 Å². The average Bonchev–Trinajstić information content (AvgIpc) is 2.62. The Morgan fingerprint density at radius 1 is 1.15 bits per heavy atom. The highest BCUT2D eigenvalue weighted by molar-refractivity contribution is 5.99. The summed E-state index contributed by atoms with van der Waals surface area (Å²) in [5.41, 5.74) is 1.20. The number of ketones is 1. The number of benzene rings is 1. The van der Waals surface area contributed by atoms with Gasteiger partial charge in [0, 0.05) is 17.4 Å². The van der Waals surface area contributed by atoms with Crippen LogP contribution in [0.4, 0.5) is 5.69 Å². The summed E-state index contributed by atoms with van der Waals surface area (Å²) in [6.07, 6.45) is 0.479. The Bertz CT molecular complexity index is 802. The van der Waals surface area contributed by atoms with E-state index in [2.05, 4.69) is 10.3 Å². The molecule has 0 radical (unpaired) electrons. The zero-order chi connectivity index (χ0) is 19.1. The van der Waals surface area contributed by atoms with Gasteiger partial charge < -0.3 is 14.8 Å². The van der Waals surface area contributed by atoms with Crippen LogP contribution in [-0.4, -0.2) is 35.4 Å². The van der Waals surface area contributed by atoms with Crippen molar-refractivity contribution in [3.05, 3.63) is 53.7 Å². The summed E-state index contributed by atoms with van der Waals surface area (Å²) >= 11 is 0. The molecule has 1 amide bonds. The third-order valence-corrected chi connectivity index (χ3v) is 3.48. The van der Waals surface area contributed by atoms with E-state index >= 15 is 0 Å². The Morgan fingerprint density at radius 2 is 1.85 bits per heavy atom. The summed E-state index contributed by atoms with van der Waals surface area (Å²) in [5.74, 6) is -1.09. The van der Waals surface area contributed by atoms with Gasteiger partial charge >= 0.3 is 5.97 Å². The van der Waals surface area contributed by atoms with E-state index in [4.69, 9.17) is 9.47 Å². The minimum absolute atomic E-state index is 0.0632. The molecule has 0 unspecified atom stereocenters. The van der Waals surface area contributed by atoms with Crippen molar-refractivity contribution >= 4 is 23.3 Å². The standard InChI is InChI=1S/C19H20N2O5/c1-4-25-18-16(6-5-11-20-18)19(24)26-13(3)17(23)21-15-9-7-14(8-10-15)12(2)22/h5-11,13H,4H2,1-3H3,(H,21,23)/t13-/m1/s1. The van der Waals surface area contributed by atoms with E-state index in [0.717, 1.165) is 0 Å². The van der Waals surface area contributed by atoms with Crippen LogP contribution in [0, 0.1) is 0 Å². The van der Waals surface area contributed by atoms with Gasteiger partial charge in [-0.05, 0) is 57.2 Å². The van der Waals surface area contributed by atoms with Crippen LogP contribution in [0.2, 0.25) is 0 Å². The van der Waals surface area contributed by atoms with Gasteiger partial charge in [-0.25, -0.2) is 9.78 Å². The maximum atomic E-state index is 12.3. The maximum absolute atomic E-state index is 12.3. The number of amides is 1. The molecule has 0 saturated heterocycles. The van der Waals surface area contributed by atoms with Gasteiger partial charge in [0.25, 0.3) is 5.91 Å². The zero-order valence-corrected chi connectivity index (χ0v) is 14.8. The molecule has 7 heteroatoms. The van der Waals surface area contributed by atoms with Crippen molar-refractivity contribution in [1.29, 1.82) is 0 Å². The second-order valence-corrected chi connectivity index (χ2v) is 5.46. The smallest absolute Gasteiger partial charge is 0.344 e.